The van der Waals surface area contributed by atoms with E-state index in [1.165, 1.54) is 18.2 Å². The third kappa shape index (κ3) is 3.74. The van der Waals surface area contributed by atoms with E-state index in [0.29, 0.717) is 21.9 Å². The highest BCUT2D eigenvalue weighted by Gasteiger charge is 2.05. The van der Waals surface area contributed by atoms with Crippen LogP contribution in [0.25, 0.3) is 0 Å². The molecule has 0 radical (unpaired) electrons. The fourth-order valence-electron chi connectivity index (χ4n) is 1.64. The molecule has 0 aliphatic heterocycles. The highest BCUT2D eigenvalue weighted by molar-refractivity contribution is 6.31. The molecule has 2 nitrogen and oxygen atoms in total. The van der Waals surface area contributed by atoms with Gasteiger partial charge in [-0.25, -0.2) is 4.39 Å². The molecule has 20 heavy (non-hydrogen) atoms. The molecule has 0 aliphatic carbocycles. The normalized spacial score (nSPS) is 9.75. The van der Waals surface area contributed by atoms with Gasteiger partial charge < -0.3 is 9.84 Å². The maximum absolute atomic E-state index is 13.2. The van der Waals surface area contributed by atoms with E-state index in [9.17, 15) is 4.39 Å². The van der Waals surface area contributed by atoms with Crippen LogP contribution in [0.5, 0.6) is 5.75 Å². The van der Waals surface area contributed by atoms with Crippen molar-refractivity contribution < 1.29 is 14.2 Å². The molecule has 0 fully saturated rings. The van der Waals surface area contributed by atoms with E-state index < -0.39 is 0 Å². The zero-order valence-corrected chi connectivity index (χ0v) is 11.3. The molecule has 0 aliphatic rings. The number of para-hydroxylation sites is 1. The number of aliphatic hydroxyl groups is 1. The van der Waals surface area contributed by atoms with Crippen molar-refractivity contribution in [3.05, 3.63) is 64.4 Å². The van der Waals surface area contributed by atoms with Gasteiger partial charge in [-0.3, -0.25) is 0 Å². The summed E-state index contributed by atoms with van der Waals surface area (Å²) in [5.74, 6) is 5.56. The third-order valence-electron chi connectivity index (χ3n) is 2.58. The van der Waals surface area contributed by atoms with Crippen molar-refractivity contribution in [3.8, 4) is 17.6 Å². The van der Waals surface area contributed by atoms with E-state index in [0.717, 1.165) is 0 Å². The van der Waals surface area contributed by atoms with Gasteiger partial charge >= 0.3 is 0 Å². The lowest BCUT2D eigenvalue weighted by molar-refractivity contribution is 0.305. The molecule has 0 amide bonds. The number of benzene rings is 2. The van der Waals surface area contributed by atoms with Crippen LogP contribution in [0.1, 0.15) is 11.1 Å². The van der Waals surface area contributed by atoms with Crippen LogP contribution in [-0.4, -0.2) is 11.7 Å². The van der Waals surface area contributed by atoms with Crippen LogP contribution in [0, 0.1) is 17.7 Å². The second-order valence-electron chi connectivity index (χ2n) is 3.98. The van der Waals surface area contributed by atoms with Gasteiger partial charge in [-0.1, -0.05) is 35.6 Å². The van der Waals surface area contributed by atoms with Gasteiger partial charge in [0.2, 0.25) is 0 Å². The van der Waals surface area contributed by atoms with Crippen LogP contribution in [0.3, 0.4) is 0 Å². The Hall–Kier alpha value is -2.02. The number of aliphatic hydroxyl groups excluding tert-OH is 1. The lowest BCUT2D eigenvalue weighted by atomic mass is 10.2. The second kappa shape index (κ2) is 6.95. The minimum absolute atomic E-state index is 0.147. The fraction of sp³-hybridized carbons (Fsp3) is 0.125. The fourth-order valence-corrected chi connectivity index (χ4v) is 1.81. The zero-order chi connectivity index (χ0) is 14.4. The molecule has 1 N–H and O–H groups in total. The van der Waals surface area contributed by atoms with Gasteiger partial charge in [0.1, 0.15) is 24.8 Å². The Morgan fingerprint density at radius 1 is 1.20 bits per heavy atom. The van der Waals surface area contributed by atoms with E-state index in [1.807, 2.05) is 12.1 Å². The van der Waals surface area contributed by atoms with Crippen molar-refractivity contribution in [2.75, 3.05) is 6.61 Å². The third-order valence-corrected chi connectivity index (χ3v) is 2.95. The summed E-state index contributed by atoms with van der Waals surface area (Å²) in [5, 5.41) is 9.17. The first-order chi connectivity index (χ1) is 9.70. The van der Waals surface area contributed by atoms with Crippen LogP contribution in [0.4, 0.5) is 4.39 Å². The first kappa shape index (κ1) is 14.4. The summed E-state index contributed by atoms with van der Waals surface area (Å²) < 4.78 is 18.8. The predicted molar refractivity (Wildman–Crippen MR) is 76.1 cm³/mol. The zero-order valence-electron chi connectivity index (χ0n) is 10.6. The number of ether oxygens (including phenoxy) is 1. The average Bonchev–Trinajstić information content (AvgIpc) is 2.47. The molecule has 0 aromatic heterocycles. The van der Waals surface area contributed by atoms with Crippen molar-refractivity contribution in [3.63, 3.8) is 0 Å². The smallest absolute Gasteiger partial charge is 0.135 e. The SMILES string of the molecule is OCC#Cc1ccccc1OCc1cc(F)ccc1Cl. The lowest BCUT2D eigenvalue weighted by Crippen LogP contribution is -1.98. The summed E-state index contributed by atoms with van der Waals surface area (Å²) >= 11 is 5.98. The maximum Gasteiger partial charge on any atom is 0.135 e. The van der Waals surface area contributed by atoms with Crippen LogP contribution in [0.15, 0.2) is 42.5 Å². The Bertz CT molecular complexity index is 659. The van der Waals surface area contributed by atoms with Crippen molar-refractivity contribution in [2.24, 2.45) is 0 Å². The summed E-state index contributed by atoms with van der Waals surface area (Å²) in [6.45, 7) is -0.0710. The molecule has 0 heterocycles. The van der Waals surface area contributed by atoms with E-state index in [-0.39, 0.29) is 19.0 Å². The molecule has 0 saturated carbocycles. The number of hydrogen-bond acceptors (Lipinski definition) is 2. The molecule has 4 heteroatoms. The summed E-state index contributed by atoms with van der Waals surface area (Å²) in [5.41, 5.74) is 1.23. The van der Waals surface area contributed by atoms with Crippen molar-refractivity contribution in [1.29, 1.82) is 0 Å². The Morgan fingerprint density at radius 2 is 2.00 bits per heavy atom. The number of halogens is 2. The Morgan fingerprint density at radius 3 is 2.80 bits per heavy atom. The highest BCUT2D eigenvalue weighted by Crippen LogP contribution is 2.22. The summed E-state index contributed by atoms with van der Waals surface area (Å²) in [6.07, 6.45) is 0. The monoisotopic (exact) mass is 290 g/mol. The van der Waals surface area contributed by atoms with Crippen molar-refractivity contribution in [2.45, 2.75) is 6.61 Å². The topological polar surface area (TPSA) is 29.5 Å². The molecule has 2 aromatic rings. The number of hydrogen-bond donors (Lipinski definition) is 1. The molecule has 0 unspecified atom stereocenters. The van der Waals surface area contributed by atoms with Crippen molar-refractivity contribution in [1.82, 2.24) is 0 Å². The van der Waals surface area contributed by atoms with Gasteiger partial charge in [0.15, 0.2) is 0 Å². The minimum Gasteiger partial charge on any atom is -0.488 e. The Labute approximate surface area is 121 Å². The van der Waals surface area contributed by atoms with Crippen LogP contribution >= 0.6 is 11.6 Å². The van der Waals surface area contributed by atoms with E-state index >= 15 is 0 Å². The molecule has 2 rings (SSSR count). The summed E-state index contributed by atoms with van der Waals surface area (Å²) in [7, 11) is 0. The molecular formula is C16H12ClFO2. The molecule has 0 spiro atoms. The van der Waals surface area contributed by atoms with E-state index in [1.54, 1.807) is 12.1 Å². The first-order valence-electron chi connectivity index (χ1n) is 5.96. The Kier molecular flexibility index (Phi) is 5.00. The van der Waals surface area contributed by atoms with Crippen LogP contribution in [-0.2, 0) is 6.61 Å². The lowest BCUT2D eigenvalue weighted by Gasteiger charge is -2.09. The van der Waals surface area contributed by atoms with Gasteiger partial charge in [-0.05, 0) is 30.3 Å². The maximum atomic E-state index is 13.2. The largest absolute Gasteiger partial charge is 0.488 e. The molecule has 2 aromatic carbocycles. The molecule has 0 atom stereocenters. The predicted octanol–water partition coefficient (Wildman–Crippen LogP) is 3.40. The quantitative estimate of drug-likeness (QED) is 0.878. The van der Waals surface area contributed by atoms with Gasteiger partial charge in [0, 0.05) is 10.6 Å². The minimum atomic E-state index is -0.360. The van der Waals surface area contributed by atoms with E-state index in [4.69, 9.17) is 21.4 Å². The van der Waals surface area contributed by atoms with E-state index in [2.05, 4.69) is 11.8 Å². The summed E-state index contributed by atoms with van der Waals surface area (Å²) in [6, 6.07) is 11.3. The second-order valence-corrected chi connectivity index (χ2v) is 4.39. The van der Waals surface area contributed by atoms with Gasteiger partial charge in [0.05, 0.1) is 5.56 Å². The first-order valence-corrected chi connectivity index (χ1v) is 6.34. The number of rotatable bonds is 3. The average molecular weight is 291 g/mol. The van der Waals surface area contributed by atoms with Crippen LogP contribution < -0.4 is 4.74 Å². The highest BCUT2D eigenvalue weighted by atomic mass is 35.5. The van der Waals surface area contributed by atoms with Crippen LogP contribution in [0.2, 0.25) is 5.02 Å². The van der Waals surface area contributed by atoms with Gasteiger partial charge in [-0.15, -0.1) is 0 Å². The van der Waals surface area contributed by atoms with Crippen molar-refractivity contribution >= 4 is 11.6 Å². The van der Waals surface area contributed by atoms with Gasteiger partial charge in [0.25, 0.3) is 0 Å². The molecule has 102 valence electrons. The molecule has 0 bridgehead atoms. The molecular weight excluding hydrogens is 279 g/mol. The Balaban J connectivity index is 2.17. The molecule has 0 saturated heterocycles. The standard InChI is InChI=1S/C16H12ClFO2/c17-15-8-7-14(18)10-13(15)11-20-16-6-2-1-4-12(16)5-3-9-19/h1-2,4,6-8,10,19H,9,11H2. The summed E-state index contributed by atoms with van der Waals surface area (Å²) in [4.78, 5) is 0. The van der Waals surface area contributed by atoms with Gasteiger partial charge in [-0.2, -0.15) is 0 Å².